The Morgan fingerprint density at radius 3 is 1.91 bits per heavy atom. The van der Waals surface area contributed by atoms with Crippen LogP contribution < -0.4 is 0 Å². The smallest absolute Gasteiger partial charge is 0.324 e. The molecule has 68 valence electrons. The Bertz CT molecular complexity index is 171. The summed E-state index contributed by atoms with van der Waals surface area (Å²) in [6.07, 6.45) is 0.777. The van der Waals surface area contributed by atoms with E-state index in [9.17, 15) is 4.57 Å². The van der Waals surface area contributed by atoms with Crippen molar-refractivity contribution in [2.24, 2.45) is 5.41 Å². The molecule has 0 aromatic carbocycles. The van der Waals surface area contributed by atoms with Gasteiger partial charge in [0.05, 0.1) is 5.66 Å². The van der Waals surface area contributed by atoms with Gasteiger partial charge in [0.25, 0.3) is 0 Å². The molecule has 1 unspecified atom stereocenters. The molecule has 0 spiro atoms. The summed E-state index contributed by atoms with van der Waals surface area (Å²) >= 11 is 0. The lowest BCUT2D eigenvalue weighted by atomic mass is 9.87. The molecule has 2 N–H and O–H groups in total. The van der Waals surface area contributed by atoms with E-state index in [1.54, 1.807) is 6.92 Å². The molecule has 4 heteroatoms. The van der Waals surface area contributed by atoms with Crippen LogP contribution in [0.1, 0.15) is 34.1 Å². The van der Waals surface area contributed by atoms with Crippen LogP contribution >= 0.6 is 7.60 Å². The van der Waals surface area contributed by atoms with Crippen molar-refractivity contribution in [2.75, 3.05) is 0 Å². The molecule has 0 fully saturated rings. The molecule has 0 aromatic rings. The second-order valence-electron chi connectivity index (χ2n) is 3.61. The highest BCUT2D eigenvalue weighted by molar-refractivity contribution is 7.52. The van der Waals surface area contributed by atoms with Gasteiger partial charge in [-0.05, 0) is 5.41 Å². The minimum Gasteiger partial charge on any atom is -0.324 e. The fourth-order valence-corrected chi connectivity index (χ4v) is 1.84. The maximum Gasteiger partial charge on any atom is 0.328 e. The van der Waals surface area contributed by atoms with Gasteiger partial charge in [0.15, 0.2) is 0 Å². The van der Waals surface area contributed by atoms with Crippen molar-refractivity contribution in [3.63, 3.8) is 0 Å². The third-order valence-corrected chi connectivity index (χ3v) is 4.25. The maximum atomic E-state index is 10.8. The first-order valence-corrected chi connectivity index (χ1v) is 5.45. The highest BCUT2D eigenvalue weighted by Gasteiger charge is 2.36. The van der Waals surface area contributed by atoms with Crippen LogP contribution in [0.15, 0.2) is 0 Å². The van der Waals surface area contributed by atoms with Gasteiger partial charge in [-0.25, -0.2) is 0 Å². The summed E-state index contributed by atoms with van der Waals surface area (Å²) in [5.41, 5.74) is -0.834. The van der Waals surface area contributed by atoms with E-state index in [2.05, 4.69) is 0 Å². The molecule has 0 amide bonds. The molecule has 0 radical (unpaired) electrons. The molecule has 3 nitrogen and oxygen atoms in total. The molecule has 11 heavy (non-hydrogen) atoms. The van der Waals surface area contributed by atoms with Crippen molar-refractivity contribution in [1.82, 2.24) is 0 Å². The zero-order valence-electron chi connectivity index (χ0n) is 7.53. The van der Waals surface area contributed by atoms with Crippen LogP contribution in [0.4, 0.5) is 0 Å². The fraction of sp³-hybridized carbons (Fsp3) is 1.00. The Morgan fingerprint density at radius 2 is 1.82 bits per heavy atom. The van der Waals surface area contributed by atoms with Crippen LogP contribution in [0.25, 0.3) is 0 Å². The second-order valence-corrected chi connectivity index (χ2v) is 5.56. The highest BCUT2D eigenvalue weighted by atomic mass is 31.2. The minimum atomic E-state index is -3.89. The van der Waals surface area contributed by atoms with Crippen molar-refractivity contribution in [1.29, 1.82) is 0 Å². The predicted molar refractivity (Wildman–Crippen MR) is 45.6 cm³/mol. The summed E-state index contributed by atoms with van der Waals surface area (Å²) < 4.78 is 10.8. The van der Waals surface area contributed by atoms with E-state index in [1.807, 2.05) is 20.8 Å². The molecule has 0 aromatic heterocycles. The molecule has 0 saturated carbocycles. The van der Waals surface area contributed by atoms with E-state index in [0.29, 0.717) is 0 Å². The topological polar surface area (TPSA) is 57.5 Å². The first-order valence-electron chi connectivity index (χ1n) is 3.77. The van der Waals surface area contributed by atoms with Gasteiger partial charge in [0.2, 0.25) is 0 Å². The summed E-state index contributed by atoms with van der Waals surface area (Å²) in [6, 6.07) is 0. The van der Waals surface area contributed by atoms with Gasteiger partial charge in [-0.15, -0.1) is 0 Å². The van der Waals surface area contributed by atoms with E-state index < -0.39 is 13.3 Å². The molecular weight excluding hydrogens is 163 g/mol. The highest BCUT2D eigenvalue weighted by Crippen LogP contribution is 2.50. The lowest BCUT2D eigenvalue weighted by Crippen LogP contribution is -2.25. The number of hydrogen-bond acceptors (Lipinski definition) is 1. The van der Waals surface area contributed by atoms with Crippen molar-refractivity contribution < 1.29 is 14.4 Å². The van der Waals surface area contributed by atoms with Gasteiger partial charge in [-0.3, -0.25) is 4.57 Å². The Hall–Kier alpha value is 0.150. The van der Waals surface area contributed by atoms with Crippen LogP contribution in [0, 0.1) is 5.41 Å². The molecule has 0 heterocycles. The Morgan fingerprint density at radius 1 is 1.45 bits per heavy atom. The van der Waals surface area contributed by atoms with Gasteiger partial charge in [0, 0.05) is 0 Å². The largest absolute Gasteiger partial charge is 0.328 e. The van der Waals surface area contributed by atoms with Gasteiger partial charge >= 0.3 is 7.60 Å². The van der Waals surface area contributed by atoms with Crippen molar-refractivity contribution >= 4 is 7.60 Å². The number of hydrogen-bond donors (Lipinski definition) is 2. The lowest BCUT2D eigenvalue weighted by molar-refractivity contribution is 0.279. The van der Waals surface area contributed by atoms with Crippen LogP contribution in [-0.4, -0.2) is 15.4 Å². The third kappa shape index (κ3) is 2.94. The van der Waals surface area contributed by atoms with E-state index in [4.69, 9.17) is 9.79 Å². The lowest BCUT2D eigenvalue weighted by Gasteiger charge is -2.30. The van der Waals surface area contributed by atoms with E-state index in [0.717, 1.165) is 6.42 Å². The van der Waals surface area contributed by atoms with Gasteiger partial charge in [-0.2, -0.15) is 0 Å². The van der Waals surface area contributed by atoms with Crippen molar-refractivity contribution in [3.8, 4) is 0 Å². The van der Waals surface area contributed by atoms with Crippen LogP contribution in [-0.2, 0) is 4.57 Å². The van der Waals surface area contributed by atoms with Crippen LogP contribution in [0.5, 0.6) is 0 Å². The predicted octanol–water partition coefficient (Wildman–Crippen LogP) is 1.99. The Labute approximate surface area is 68.0 Å². The zero-order chi connectivity index (χ0) is 9.28. The SMILES string of the molecule is CCC(C)(C)C(C)P(=O)(O)O. The molecule has 1 atom stereocenters. The van der Waals surface area contributed by atoms with Gasteiger partial charge in [-0.1, -0.05) is 34.1 Å². The average molecular weight is 180 g/mol. The Balaban J connectivity index is 4.49. The van der Waals surface area contributed by atoms with E-state index >= 15 is 0 Å². The second kappa shape index (κ2) is 3.26. The summed E-state index contributed by atoms with van der Waals surface area (Å²) in [5, 5.41) is 0. The monoisotopic (exact) mass is 180 g/mol. The Kier molecular flexibility index (Phi) is 3.30. The maximum absolute atomic E-state index is 10.8. The van der Waals surface area contributed by atoms with E-state index in [-0.39, 0.29) is 5.41 Å². The normalized spacial score (nSPS) is 16.5. The zero-order valence-corrected chi connectivity index (χ0v) is 8.43. The van der Waals surface area contributed by atoms with E-state index in [1.165, 1.54) is 0 Å². The molecular formula is C7H17O3P. The first-order chi connectivity index (χ1) is 4.72. The fourth-order valence-electron chi connectivity index (χ4n) is 0.751. The average Bonchev–Trinajstić information content (AvgIpc) is 1.84. The third-order valence-electron chi connectivity index (χ3n) is 2.55. The summed E-state index contributed by atoms with van der Waals surface area (Å²) in [5.74, 6) is 0. The minimum absolute atomic E-state index is 0.279. The van der Waals surface area contributed by atoms with Crippen LogP contribution in [0.3, 0.4) is 0 Å². The van der Waals surface area contributed by atoms with Crippen molar-refractivity contribution in [3.05, 3.63) is 0 Å². The molecule has 0 saturated heterocycles. The standard InChI is InChI=1S/C7H17O3P/c1-5-7(3,4)6(2)11(8,9)10/h6H,5H2,1-4H3,(H2,8,9,10). The first kappa shape index (κ1) is 11.2. The molecule has 0 bridgehead atoms. The molecule has 0 aliphatic rings. The summed E-state index contributed by atoms with van der Waals surface area (Å²) in [7, 11) is -3.89. The summed E-state index contributed by atoms with van der Waals surface area (Å²) in [6.45, 7) is 7.28. The van der Waals surface area contributed by atoms with Crippen LogP contribution in [0.2, 0.25) is 0 Å². The molecule has 0 aliphatic carbocycles. The molecule has 0 rings (SSSR count). The quantitative estimate of drug-likeness (QED) is 0.653. The summed E-state index contributed by atoms with van der Waals surface area (Å²) in [4.78, 5) is 17.7. The van der Waals surface area contributed by atoms with Gasteiger partial charge < -0.3 is 9.79 Å². The number of rotatable bonds is 3. The van der Waals surface area contributed by atoms with Gasteiger partial charge in [0.1, 0.15) is 0 Å². The van der Waals surface area contributed by atoms with Crippen molar-refractivity contribution in [2.45, 2.75) is 39.8 Å². The molecule has 0 aliphatic heterocycles.